The molecule has 0 atom stereocenters. The van der Waals surface area contributed by atoms with Crippen LogP contribution in [0.4, 0.5) is 4.79 Å². The van der Waals surface area contributed by atoms with Crippen molar-refractivity contribution in [2.75, 3.05) is 39.8 Å². The van der Waals surface area contributed by atoms with Crippen LogP contribution < -0.4 is 5.32 Å². The first kappa shape index (κ1) is 16.8. The Labute approximate surface area is 121 Å². The summed E-state index contributed by atoms with van der Waals surface area (Å²) in [5.74, 6) is 0.170. The Morgan fingerprint density at radius 3 is 2.40 bits per heavy atom. The number of hydrogen-bond donors (Lipinski definition) is 1. The summed E-state index contributed by atoms with van der Waals surface area (Å²) in [6.45, 7) is 9.34. The molecule has 1 N–H and O–H groups in total. The minimum Gasteiger partial charge on any atom is -0.444 e. The molecule has 6 heteroatoms. The first-order chi connectivity index (χ1) is 9.29. The average Bonchev–Trinajstić information content (AvgIpc) is 2.37. The standard InChI is InChI=1S/C14H27N3O3/c1-14(2,3)20-13(19)16(4)9-5-6-12(18)17-10-7-15-8-11-17/h15H,5-11H2,1-4H3. The Bertz CT molecular complexity index is 333. The zero-order valence-corrected chi connectivity index (χ0v) is 13.1. The van der Waals surface area contributed by atoms with Gasteiger partial charge in [0, 0.05) is 46.2 Å². The molecule has 0 aliphatic carbocycles. The highest BCUT2D eigenvalue weighted by atomic mass is 16.6. The second-order valence-electron chi connectivity index (χ2n) is 6.14. The Morgan fingerprint density at radius 2 is 1.85 bits per heavy atom. The van der Waals surface area contributed by atoms with Crippen LogP contribution >= 0.6 is 0 Å². The topological polar surface area (TPSA) is 61.9 Å². The Morgan fingerprint density at radius 1 is 1.25 bits per heavy atom. The molecule has 1 aliphatic heterocycles. The van der Waals surface area contributed by atoms with E-state index in [-0.39, 0.29) is 12.0 Å². The van der Waals surface area contributed by atoms with Crippen molar-refractivity contribution in [3.05, 3.63) is 0 Å². The third-order valence-corrected chi connectivity index (χ3v) is 3.06. The van der Waals surface area contributed by atoms with E-state index in [1.54, 1.807) is 7.05 Å². The summed E-state index contributed by atoms with van der Waals surface area (Å²) < 4.78 is 5.26. The van der Waals surface area contributed by atoms with Crippen LogP contribution in [0.1, 0.15) is 33.6 Å². The van der Waals surface area contributed by atoms with Gasteiger partial charge in [-0.2, -0.15) is 0 Å². The lowest BCUT2D eigenvalue weighted by molar-refractivity contribution is -0.131. The molecule has 1 fully saturated rings. The van der Waals surface area contributed by atoms with Crippen molar-refractivity contribution >= 4 is 12.0 Å². The first-order valence-electron chi connectivity index (χ1n) is 7.22. The summed E-state index contributed by atoms with van der Waals surface area (Å²) in [6.07, 6.45) is 0.804. The molecule has 0 saturated carbocycles. The van der Waals surface area contributed by atoms with Crippen molar-refractivity contribution in [3.8, 4) is 0 Å². The van der Waals surface area contributed by atoms with Gasteiger partial charge in [-0.05, 0) is 27.2 Å². The molecule has 1 aliphatic rings. The van der Waals surface area contributed by atoms with Crippen LogP contribution in [-0.2, 0) is 9.53 Å². The van der Waals surface area contributed by atoms with E-state index in [1.807, 2.05) is 25.7 Å². The predicted molar refractivity (Wildman–Crippen MR) is 77.5 cm³/mol. The minimum atomic E-state index is -0.484. The molecule has 1 rings (SSSR count). The zero-order chi connectivity index (χ0) is 15.2. The maximum Gasteiger partial charge on any atom is 0.410 e. The van der Waals surface area contributed by atoms with Crippen LogP contribution in [0.3, 0.4) is 0 Å². The van der Waals surface area contributed by atoms with Gasteiger partial charge in [-0.25, -0.2) is 4.79 Å². The fourth-order valence-corrected chi connectivity index (χ4v) is 1.97. The highest BCUT2D eigenvalue weighted by Gasteiger charge is 2.20. The van der Waals surface area contributed by atoms with Gasteiger partial charge in [0.15, 0.2) is 0 Å². The minimum absolute atomic E-state index is 0.170. The first-order valence-corrected chi connectivity index (χ1v) is 7.22. The Kier molecular flexibility index (Phi) is 6.26. The summed E-state index contributed by atoms with van der Waals surface area (Å²) in [5, 5.41) is 3.22. The molecule has 1 heterocycles. The van der Waals surface area contributed by atoms with Crippen LogP contribution in [0.2, 0.25) is 0 Å². The largest absolute Gasteiger partial charge is 0.444 e. The number of rotatable bonds is 4. The number of carbonyl (C=O) groups excluding carboxylic acids is 2. The zero-order valence-electron chi connectivity index (χ0n) is 13.1. The fraction of sp³-hybridized carbons (Fsp3) is 0.857. The molecule has 0 bridgehead atoms. The van der Waals surface area contributed by atoms with Crippen LogP contribution in [-0.4, -0.2) is 67.2 Å². The van der Waals surface area contributed by atoms with E-state index in [1.165, 1.54) is 4.90 Å². The number of nitrogens with zero attached hydrogens (tertiary/aromatic N) is 2. The monoisotopic (exact) mass is 285 g/mol. The number of nitrogens with one attached hydrogen (secondary N) is 1. The third kappa shape index (κ3) is 6.23. The van der Waals surface area contributed by atoms with Gasteiger partial charge < -0.3 is 19.9 Å². The second-order valence-corrected chi connectivity index (χ2v) is 6.14. The van der Waals surface area contributed by atoms with Crippen molar-refractivity contribution in [1.29, 1.82) is 0 Å². The van der Waals surface area contributed by atoms with E-state index in [0.29, 0.717) is 19.4 Å². The number of hydrogen-bond acceptors (Lipinski definition) is 4. The van der Waals surface area contributed by atoms with Crippen molar-refractivity contribution < 1.29 is 14.3 Å². The lowest BCUT2D eigenvalue weighted by Crippen LogP contribution is -2.46. The molecular formula is C14H27N3O3. The number of carbonyl (C=O) groups is 2. The third-order valence-electron chi connectivity index (χ3n) is 3.06. The van der Waals surface area contributed by atoms with Crippen molar-refractivity contribution in [3.63, 3.8) is 0 Å². The summed E-state index contributed by atoms with van der Waals surface area (Å²) in [6, 6.07) is 0. The summed E-state index contributed by atoms with van der Waals surface area (Å²) in [4.78, 5) is 27.1. The van der Waals surface area contributed by atoms with E-state index >= 15 is 0 Å². The van der Waals surface area contributed by atoms with Gasteiger partial charge in [-0.1, -0.05) is 0 Å². The van der Waals surface area contributed by atoms with Crippen LogP contribution in [0, 0.1) is 0 Å². The van der Waals surface area contributed by atoms with Crippen molar-refractivity contribution in [2.45, 2.75) is 39.2 Å². The van der Waals surface area contributed by atoms with Crippen LogP contribution in [0.15, 0.2) is 0 Å². The molecule has 0 radical (unpaired) electrons. The lowest BCUT2D eigenvalue weighted by Gasteiger charge is -2.28. The van der Waals surface area contributed by atoms with E-state index < -0.39 is 5.60 Å². The maximum atomic E-state index is 11.9. The van der Waals surface area contributed by atoms with Gasteiger partial charge >= 0.3 is 6.09 Å². The lowest BCUT2D eigenvalue weighted by atomic mass is 10.2. The summed E-state index contributed by atoms with van der Waals surface area (Å²) >= 11 is 0. The van der Waals surface area contributed by atoms with E-state index in [9.17, 15) is 9.59 Å². The average molecular weight is 285 g/mol. The molecule has 0 aromatic heterocycles. The number of ether oxygens (including phenoxy) is 1. The van der Waals surface area contributed by atoms with Crippen molar-refractivity contribution in [1.82, 2.24) is 15.1 Å². The van der Waals surface area contributed by atoms with Crippen LogP contribution in [0.5, 0.6) is 0 Å². The number of piperazine rings is 1. The molecule has 0 aromatic carbocycles. The summed E-state index contributed by atoms with van der Waals surface area (Å²) in [5.41, 5.74) is -0.484. The molecule has 20 heavy (non-hydrogen) atoms. The van der Waals surface area contributed by atoms with E-state index in [2.05, 4.69) is 5.32 Å². The van der Waals surface area contributed by atoms with E-state index in [4.69, 9.17) is 4.74 Å². The van der Waals surface area contributed by atoms with E-state index in [0.717, 1.165) is 26.2 Å². The molecule has 0 spiro atoms. The molecule has 2 amide bonds. The van der Waals surface area contributed by atoms with Gasteiger partial charge in [0.2, 0.25) is 5.91 Å². The smallest absolute Gasteiger partial charge is 0.410 e. The fourth-order valence-electron chi connectivity index (χ4n) is 1.97. The molecular weight excluding hydrogens is 258 g/mol. The van der Waals surface area contributed by atoms with Crippen LogP contribution in [0.25, 0.3) is 0 Å². The predicted octanol–water partition coefficient (Wildman–Crippen LogP) is 1.07. The Balaban J connectivity index is 2.22. The van der Waals surface area contributed by atoms with Gasteiger partial charge in [0.25, 0.3) is 0 Å². The Hall–Kier alpha value is -1.30. The van der Waals surface area contributed by atoms with Gasteiger partial charge in [-0.3, -0.25) is 4.79 Å². The highest BCUT2D eigenvalue weighted by molar-refractivity contribution is 5.76. The van der Waals surface area contributed by atoms with Gasteiger partial charge in [0.05, 0.1) is 0 Å². The van der Waals surface area contributed by atoms with Crippen molar-refractivity contribution in [2.24, 2.45) is 0 Å². The second kappa shape index (κ2) is 7.47. The number of amides is 2. The molecule has 116 valence electrons. The summed E-state index contributed by atoms with van der Waals surface area (Å²) in [7, 11) is 1.70. The highest BCUT2D eigenvalue weighted by Crippen LogP contribution is 2.09. The van der Waals surface area contributed by atoms with Gasteiger partial charge in [0.1, 0.15) is 5.60 Å². The molecule has 6 nitrogen and oxygen atoms in total. The van der Waals surface area contributed by atoms with Gasteiger partial charge in [-0.15, -0.1) is 0 Å². The molecule has 0 unspecified atom stereocenters. The maximum absolute atomic E-state index is 11.9. The normalized spacial score (nSPS) is 15.9. The molecule has 1 saturated heterocycles. The quantitative estimate of drug-likeness (QED) is 0.839. The SMILES string of the molecule is CN(CCCC(=O)N1CCNCC1)C(=O)OC(C)(C)C. The molecule has 0 aromatic rings.